The molecule has 0 radical (unpaired) electrons. The van der Waals surface area contributed by atoms with Crippen LogP contribution in [0.15, 0.2) is 29.2 Å². The molecule has 0 amide bonds. The largest absolute Gasteiger partial charge is 0.330 e. The molecule has 2 N–H and O–H groups in total. The number of nitrogens with two attached hydrogens (primary N) is 1. The molecule has 0 unspecified atom stereocenters. The maximum atomic E-state index is 12.7. The van der Waals surface area contributed by atoms with E-state index in [1.165, 1.54) is 0 Å². The molecule has 1 aliphatic rings. The number of rotatable bonds is 6. The summed E-state index contributed by atoms with van der Waals surface area (Å²) in [5.74, 6) is 0. The average molecular weight is 310 g/mol. The Balaban J connectivity index is 2.19. The normalized spacial score (nSPS) is 19.0. The van der Waals surface area contributed by atoms with Gasteiger partial charge in [0.25, 0.3) is 0 Å². The predicted molar refractivity (Wildman–Crippen MR) is 85.6 cm³/mol. The van der Waals surface area contributed by atoms with Gasteiger partial charge in [0.15, 0.2) is 0 Å². The van der Waals surface area contributed by atoms with Crippen LogP contribution in [0, 0.1) is 5.41 Å². The van der Waals surface area contributed by atoms with Crippen LogP contribution in [0.3, 0.4) is 0 Å². The first kappa shape index (κ1) is 16.5. The van der Waals surface area contributed by atoms with Crippen LogP contribution in [0.1, 0.15) is 38.7 Å². The Morgan fingerprint density at radius 1 is 1.19 bits per heavy atom. The summed E-state index contributed by atoms with van der Waals surface area (Å²) in [6.45, 7) is 6.16. The minimum atomic E-state index is -3.36. The summed E-state index contributed by atoms with van der Waals surface area (Å²) in [4.78, 5) is 0.395. The molecule has 0 saturated carbocycles. The lowest BCUT2D eigenvalue weighted by atomic mass is 9.82. The maximum Gasteiger partial charge on any atom is 0.243 e. The molecule has 1 saturated heterocycles. The van der Waals surface area contributed by atoms with Crippen LogP contribution < -0.4 is 5.73 Å². The van der Waals surface area contributed by atoms with Gasteiger partial charge >= 0.3 is 0 Å². The second-order valence-electron chi connectivity index (χ2n) is 5.98. The van der Waals surface area contributed by atoms with Gasteiger partial charge in [0.1, 0.15) is 0 Å². The Bertz CT molecular complexity index is 562. The SMILES string of the molecule is CCC1(CC)CCN(S(=O)(=O)c2ccc(CCN)cc2)C1. The Hall–Kier alpha value is -0.910. The van der Waals surface area contributed by atoms with Crippen molar-refractivity contribution in [2.24, 2.45) is 11.1 Å². The number of hydrogen-bond donors (Lipinski definition) is 1. The third-order valence-corrected chi connectivity index (χ3v) is 6.76. The fraction of sp³-hybridized carbons (Fsp3) is 0.625. The summed E-state index contributed by atoms with van der Waals surface area (Å²) < 4.78 is 27.1. The highest BCUT2D eigenvalue weighted by atomic mass is 32.2. The van der Waals surface area contributed by atoms with E-state index in [1.807, 2.05) is 12.1 Å². The van der Waals surface area contributed by atoms with Gasteiger partial charge in [-0.25, -0.2) is 8.42 Å². The zero-order chi connectivity index (χ0) is 15.5. The third kappa shape index (κ3) is 3.30. The van der Waals surface area contributed by atoms with Crippen molar-refractivity contribution in [2.75, 3.05) is 19.6 Å². The molecular formula is C16H26N2O2S. The van der Waals surface area contributed by atoms with Crippen molar-refractivity contribution in [3.63, 3.8) is 0 Å². The van der Waals surface area contributed by atoms with E-state index in [1.54, 1.807) is 16.4 Å². The van der Waals surface area contributed by atoms with Crippen LogP contribution in [0.5, 0.6) is 0 Å². The van der Waals surface area contributed by atoms with Crippen LogP contribution in [0.2, 0.25) is 0 Å². The Labute approximate surface area is 128 Å². The van der Waals surface area contributed by atoms with E-state index in [9.17, 15) is 8.42 Å². The molecular weight excluding hydrogens is 284 g/mol. The number of benzene rings is 1. The molecule has 1 aliphatic heterocycles. The summed E-state index contributed by atoms with van der Waals surface area (Å²) in [6.07, 6.45) is 3.80. The summed E-state index contributed by atoms with van der Waals surface area (Å²) >= 11 is 0. The molecule has 5 heteroatoms. The smallest absolute Gasteiger partial charge is 0.243 e. The van der Waals surface area contributed by atoms with Crippen molar-refractivity contribution >= 4 is 10.0 Å². The van der Waals surface area contributed by atoms with Crippen molar-refractivity contribution in [2.45, 2.75) is 44.4 Å². The molecule has 1 fully saturated rings. The number of hydrogen-bond acceptors (Lipinski definition) is 3. The van der Waals surface area contributed by atoms with Gasteiger partial charge in [-0.1, -0.05) is 26.0 Å². The third-order valence-electron chi connectivity index (χ3n) is 4.90. The van der Waals surface area contributed by atoms with E-state index in [0.717, 1.165) is 31.2 Å². The van der Waals surface area contributed by atoms with Gasteiger partial charge in [0.2, 0.25) is 10.0 Å². The van der Waals surface area contributed by atoms with Gasteiger partial charge < -0.3 is 5.73 Å². The fourth-order valence-corrected chi connectivity index (χ4v) is 4.62. The summed E-state index contributed by atoms with van der Waals surface area (Å²) in [5.41, 5.74) is 6.76. The van der Waals surface area contributed by atoms with Crippen LogP contribution in [0.25, 0.3) is 0 Å². The van der Waals surface area contributed by atoms with Gasteiger partial charge in [-0.05, 0) is 55.3 Å². The Morgan fingerprint density at radius 3 is 2.29 bits per heavy atom. The lowest BCUT2D eigenvalue weighted by Crippen LogP contribution is -2.31. The maximum absolute atomic E-state index is 12.7. The molecule has 4 nitrogen and oxygen atoms in total. The van der Waals surface area contributed by atoms with Crippen LogP contribution in [-0.4, -0.2) is 32.4 Å². The molecule has 1 aromatic carbocycles. The van der Waals surface area contributed by atoms with E-state index in [-0.39, 0.29) is 5.41 Å². The van der Waals surface area contributed by atoms with E-state index in [4.69, 9.17) is 5.73 Å². The molecule has 1 aromatic rings. The Kier molecular flexibility index (Phi) is 5.07. The van der Waals surface area contributed by atoms with Crippen molar-refractivity contribution < 1.29 is 8.42 Å². The second-order valence-corrected chi connectivity index (χ2v) is 7.92. The van der Waals surface area contributed by atoms with Crippen molar-refractivity contribution in [1.29, 1.82) is 0 Å². The highest BCUT2D eigenvalue weighted by Crippen LogP contribution is 2.39. The average Bonchev–Trinajstić information content (AvgIpc) is 2.94. The molecule has 0 aromatic heterocycles. The predicted octanol–water partition coefficient (Wildman–Crippen LogP) is 2.39. The van der Waals surface area contributed by atoms with Gasteiger partial charge in [-0.15, -0.1) is 0 Å². The molecule has 21 heavy (non-hydrogen) atoms. The minimum absolute atomic E-state index is 0.159. The van der Waals surface area contributed by atoms with Crippen molar-refractivity contribution in [3.8, 4) is 0 Å². The zero-order valence-electron chi connectivity index (χ0n) is 13.0. The lowest BCUT2D eigenvalue weighted by Gasteiger charge is -2.26. The first-order valence-corrected chi connectivity index (χ1v) is 9.20. The van der Waals surface area contributed by atoms with Gasteiger partial charge in [0, 0.05) is 13.1 Å². The Morgan fingerprint density at radius 2 is 1.81 bits per heavy atom. The number of nitrogens with zero attached hydrogens (tertiary/aromatic N) is 1. The molecule has 0 aliphatic carbocycles. The topological polar surface area (TPSA) is 63.4 Å². The van der Waals surface area contributed by atoms with E-state index >= 15 is 0 Å². The monoisotopic (exact) mass is 310 g/mol. The molecule has 0 bridgehead atoms. The summed E-state index contributed by atoms with van der Waals surface area (Å²) in [6, 6.07) is 7.14. The van der Waals surface area contributed by atoms with E-state index in [0.29, 0.717) is 24.5 Å². The minimum Gasteiger partial charge on any atom is -0.330 e. The van der Waals surface area contributed by atoms with Crippen molar-refractivity contribution in [3.05, 3.63) is 29.8 Å². The lowest BCUT2D eigenvalue weighted by molar-refractivity contribution is 0.279. The first-order valence-electron chi connectivity index (χ1n) is 7.76. The van der Waals surface area contributed by atoms with Crippen LogP contribution >= 0.6 is 0 Å². The summed E-state index contributed by atoms with van der Waals surface area (Å²) in [7, 11) is -3.36. The number of sulfonamides is 1. The molecule has 2 rings (SSSR count). The second kappa shape index (κ2) is 6.46. The summed E-state index contributed by atoms with van der Waals surface area (Å²) in [5, 5.41) is 0. The van der Waals surface area contributed by atoms with Gasteiger partial charge in [-0.2, -0.15) is 4.31 Å². The van der Waals surface area contributed by atoms with E-state index < -0.39 is 10.0 Å². The van der Waals surface area contributed by atoms with Gasteiger partial charge in [-0.3, -0.25) is 0 Å². The fourth-order valence-electron chi connectivity index (χ4n) is 3.07. The quantitative estimate of drug-likeness (QED) is 0.877. The van der Waals surface area contributed by atoms with Crippen LogP contribution in [0.4, 0.5) is 0 Å². The van der Waals surface area contributed by atoms with Crippen LogP contribution in [-0.2, 0) is 16.4 Å². The highest BCUT2D eigenvalue weighted by molar-refractivity contribution is 7.89. The molecule has 0 atom stereocenters. The zero-order valence-corrected chi connectivity index (χ0v) is 13.8. The van der Waals surface area contributed by atoms with Gasteiger partial charge in [0.05, 0.1) is 4.90 Å². The molecule has 118 valence electrons. The molecule has 1 heterocycles. The molecule has 0 spiro atoms. The van der Waals surface area contributed by atoms with Crippen molar-refractivity contribution in [1.82, 2.24) is 4.31 Å². The standard InChI is InChI=1S/C16H26N2O2S/c1-3-16(4-2)10-12-18(13-16)21(19,20)15-7-5-14(6-8-15)9-11-17/h5-8H,3-4,9-13,17H2,1-2H3. The van der Waals surface area contributed by atoms with E-state index in [2.05, 4.69) is 13.8 Å². The highest BCUT2D eigenvalue weighted by Gasteiger charge is 2.40. The first-order chi connectivity index (χ1) is 9.97.